The highest BCUT2D eigenvalue weighted by molar-refractivity contribution is 6.07. The second-order valence-electron chi connectivity index (χ2n) is 9.40. The lowest BCUT2D eigenvalue weighted by Crippen LogP contribution is -2.27. The summed E-state index contributed by atoms with van der Waals surface area (Å²) >= 11 is 0. The van der Waals surface area contributed by atoms with Crippen LogP contribution < -0.4 is 10.6 Å². The van der Waals surface area contributed by atoms with Crippen molar-refractivity contribution in [3.63, 3.8) is 0 Å². The number of hydrogen-bond acceptors (Lipinski definition) is 5. The summed E-state index contributed by atoms with van der Waals surface area (Å²) in [6.07, 6.45) is 13.6. The summed E-state index contributed by atoms with van der Waals surface area (Å²) in [6.45, 7) is 9.70. The zero-order valence-electron chi connectivity index (χ0n) is 21.9. The molecular weight excluding hydrogens is 452 g/mol. The number of nitrogens with one attached hydrogen (secondary N) is 2. The number of rotatable bonds is 6. The van der Waals surface area contributed by atoms with E-state index in [1.165, 1.54) is 0 Å². The Labute approximate surface area is 214 Å². The summed E-state index contributed by atoms with van der Waals surface area (Å²) in [5.74, 6) is -0.652. The molecule has 0 radical (unpaired) electrons. The van der Waals surface area contributed by atoms with Gasteiger partial charge in [-0.2, -0.15) is 5.10 Å². The summed E-state index contributed by atoms with van der Waals surface area (Å²) in [5, 5.41) is 10.5. The molecule has 0 saturated heterocycles. The van der Waals surface area contributed by atoms with Gasteiger partial charge in [0.1, 0.15) is 5.69 Å². The Morgan fingerprint density at radius 2 is 1.78 bits per heavy atom. The normalized spacial score (nSPS) is 17.3. The van der Waals surface area contributed by atoms with Gasteiger partial charge < -0.3 is 15.5 Å². The van der Waals surface area contributed by atoms with Gasteiger partial charge in [0, 0.05) is 38.1 Å². The maximum Gasteiger partial charge on any atom is 0.274 e. The molecule has 2 bridgehead atoms. The van der Waals surface area contributed by atoms with Crippen LogP contribution in [-0.4, -0.2) is 51.6 Å². The molecule has 8 heteroatoms. The lowest BCUT2D eigenvalue weighted by Gasteiger charge is -2.16. The molecule has 0 unspecified atom stereocenters. The van der Waals surface area contributed by atoms with Crippen molar-refractivity contribution in [1.29, 1.82) is 0 Å². The molecule has 0 aromatic carbocycles. The molecule has 0 spiro atoms. The topological polar surface area (TPSA) is 92.2 Å². The third-order valence-electron chi connectivity index (χ3n) is 6.39. The number of aromatic nitrogens is 3. The molecule has 3 heterocycles. The van der Waals surface area contributed by atoms with E-state index < -0.39 is 0 Å². The average molecular weight is 493 g/mol. The summed E-state index contributed by atoms with van der Waals surface area (Å²) < 4.78 is 1.85. The molecular formula is C28H40N6O2. The third kappa shape index (κ3) is 7.29. The Balaban J connectivity index is 1.98. The largest absolute Gasteiger partial charge is 0.380 e. The van der Waals surface area contributed by atoms with Crippen molar-refractivity contribution in [3.05, 3.63) is 60.3 Å². The predicted octanol–water partition coefficient (Wildman–Crippen LogP) is 5.43. The SMILES string of the molecule is C=C/C1=C\N(C)CCCCCCNC(=O)c2nn(C(CCC)CCC)cc2NC(=O)c2cccc1n2. The lowest BCUT2D eigenvalue weighted by atomic mass is 10.1. The van der Waals surface area contributed by atoms with Gasteiger partial charge in [-0.3, -0.25) is 14.3 Å². The fourth-order valence-electron chi connectivity index (χ4n) is 4.47. The number of nitrogens with zero attached hydrogens (tertiary/aromatic N) is 4. The molecule has 1 aliphatic heterocycles. The van der Waals surface area contributed by atoms with Gasteiger partial charge >= 0.3 is 0 Å². The summed E-state index contributed by atoms with van der Waals surface area (Å²) in [6, 6.07) is 5.52. The van der Waals surface area contributed by atoms with E-state index >= 15 is 0 Å². The first-order valence-corrected chi connectivity index (χ1v) is 13.2. The van der Waals surface area contributed by atoms with Gasteiger partial charge in [0.2, 0.25) is 0 Å². The molecule has 0 saturated carbocycles. The van der Waals surface area contributed by atoms with Crippen LogP contribution in [0.2, 0.25) is 0 Å². The maximum atomic E-state index is 13.2. The number of pyridine rings is 1. The number of hydrogen-bond donors (Lipinski definition) is 2. The van der Waals surface area contributed by atoms with Crippen LogP contribution in [0.25, 0.3) is 5.57 Å². The van der Waals surface area contributed by atoms with Crippen molar-refractivity contribution in [2.75, 3.05) is 25.5 Å². The molecule has 2 N–H and O–H groups in total. The number of allylic oxidation sites excluding steroid dienone is 2. The van der Waals surface area contributed by atoms with Gasteiger partial charge in [-0.15, -0.1) is 0 Å². The molecule has 2 aromatic heterocycles. The van der Waals surface area contributed by atoms with Crippen molar-refractivity contribution < 1.29 is 9.59 Å². The van der Waals surface area contributed by atoms with Crippen molar-refractivity contribution in [3.8, 4) is 0 Å². The van der Waals surface area contributed by atoms with Crippen LogP contribution in [0.15, 0.2) is 43.3 Å². The van der Waals surface area contributed by atoms with Crippen LogP contribution >= 0.6 is 0 Å². The summed E-state index contributed by atoms with van der Waals surface area (Å²) in [5.41, 5.74) is 2.43. The minimum absolute atomic E-state index is 0.178. The Bertz CT molecular complexity index is 1070. The van der Waals surface area contributed by atoms with Crippen LogP contribution in [0.1, 0.15) is 97.9 Å². The van der Waals surface area contributed by atoms with Gasteiger partial charge in [0.25, 0.3) is 11.8 Å². The second-order valence-corrected chi connectivity index (χ2v) is 9.40. The van der Waals surface area contributed by atoms with E-state index in [4.69, 9.17) is 0 Å². The number of carbonyl (C=O) groups is 2. The van der Waals surface area contributed by atoms with Crippen LogP contribution in [0.5, 0.6) is 0 Å². The monoisotopic (exact) mass is 492 g/mol. The number of amides is 2. The highest BCUT2D eigenvalue weighted by Crippen LogP contribution is 2.24. The second kappa shape index (κ2) is 13.6. The van der Waals surface area contributed by atoms with Crippen LogP contribution in [0.3, 0.4) is 0 Å². The van der Waals surface area contributed by atoms with E-state index in [-0.39, 0.29) is 29.2 Å². The van der Waals surface area contributed by atoms with Crippen LogP contribution in [0, 0.1) is 0 Å². The number of carbonyl (C=O) groups excluding carboxylic acids is 2. The van der Waals surface area contributed by atoms with Crippen molar-refractivity contribution in [1.82, 2.24) is 25.0 Å². The molecule has 36 heavy (non-hydrogen) atoms. The molecule has 1 aliphatic rings. The van der Waals surface area contributed by atoms with Gasteiger partial charge in [0.15, 0.2) is 5.69 Å². The van der Waals surface area contributed by atoms with Gasteiger partial charge in [0.05, 0.1) is 17.4 Å². The molecule has 2 amide bonds. The van der Waals surface area contributed by atoms with Crippen molar-refractivity contribution in [2.24, 2.45) is 0 Å². The average Bonchev–Trinajstić information content (AvgIpc) is 3.29. The molecule has 0 fully saturated rings. The molecule has 2 aromatic rings. The minimum Gasteiger partial charge on any atom is -0.380 e. The summed E-state index contributed by atoms with van der Waals surface area (Å²) in [7, 11) is 2.03. The van der Waals surface area contributed by atoms with E-state index in [0.29, 0.717) is 17.9 Å². The zero-order valence-corrected chi connectivity index (χ0v) is 21.9. The Kier molecular flexibility index (Phi) is 10.3. The van der Waals surface area contributed by atoms with Crippen molar-refractivity contribution >= 4 is 23.1 Å². The van der Waals surface area contributed by atoms with Gasteiger partial charge in [-0.25, -0.2) is 4.98 Å². The Morgan fingerprint density at radius 3 is 2.50 bits per heavy atom. The first-order valence-electron chi connectivity index (χ1n) is 13.2. The standard InChI is InChI=1S/C28H40N6O2/c1-5-13-22(14-6-2)34-20-25-26(32-34)28(36)29-17-10-8-9-11-18-33(4)19-21(7-3)23-15-12-16-24(30-23)27(35)31-25/h7,12,15-16,19-20,22H,3,5-6,8-11,13-14,17-18H2,1-2,4H3,(H,29,36)(H,31,35)/b21-19+. The quantitative estimate of drug-likeness (QED) is 0.561. The molecule has 0 atom stereocenters. The number of anilines is 1. The van der Waals surface area contributed by atoms with Crippen LogP contribution in [0.4, 0.5) is 5.69 Å². The minimum atomic E-state index is -0.383. The van der Waals surface area contributed by atoms with E-state index in [1.54, 1.807) is 18.3 Å². The first-order chi connectivity index (χ1) is 17.5. The fourth-order valence-corrected chi connectivity index (χ4v) is 4.47. The third-order valence-corrected chi connectivity index (χ3v) is 6.39. The Hall–Kier alpha value is -3.42. The lowest BCUT2D eigenvalue weighted by molar-refractivity contribution is 0.0947. The van der Waals surface area contributed by atoms with E-state index in [2.05, 4.69) is 46.0 Å². The van der Waals surface area contributed by atoms with Gasteiger partial charge in [-0.1, -0.05) is 58.3 Å². The predicted molar refractivity (Wildman–Crippen MR) is 145 cm³/mol. The Morgan fingerprint density at radius 1 is 1.06 bits per heavy atom. The molecule has 8 nitrogen and oxygen atoms in total. The highest BCUT2D eigenvalue weighted by Gasteiger charge is 2.22. The van der Waals surface area contributed by atoms with Crippen LogP contribution in [-0.2, 0) is 0 Å². The molecule has 3 rings (SSSR count). The summed E-state index contributed by atoms with van der Waals surface area (Å²) in [4.78, 5) is 33.0. The molecule has 0 aliphatic carbocycles. The zero-order chi connectivity index (χ0) is 25.9. The maximum absolute atomic E-state index is 13.2. The fraction of sp³-hybridized carbons (Fsp3) is 0.500. The van der Waals surface area contributed by atoms with E-state index in [9.17, 15) is 9.59 Å². The smallest absolute Gasteiger partial charge is 0.274 e. The van der Waals surface area contributed by atoms with Gasteiger partial charge in [-0.05, 0) is 37.8 Å². The van der Waals surface area contributed by atoms with Crippen molar-refractivity contribution in [2.45, 2.75) is 71.3 Å². The molecule has 194 valence electrons. The highest BCUT2D eigenvalue weighted by atomic mass is 16.2. The van der Waals surface area contributed by atoms with E-state index in [0.717, 1.165) is 63.5 Å². The first kappa shape index (κ1) is 27.2. The number of fused-ring (bicyclic) bond motifs is 3. The van der Waals surface area contributed by atoms with E-state index in [1.807, 2.05) is 30.1 Å².